The van der Waals surface area contributed by atoms with E-state index >= 15 is 0 Å². The summed E-state index contributed by atoms with van der Waals surface area (Å²) in [4.78, 5) is 13.7. The molecule has 2 fully saturated rings. The van der Waals surface area contributed by atoms with Crippen LogP contribution in [0.2, 0.25) is 0 Å². The van der Waals surface area contributed by atoms with Gasteiger partial charge in [0.05, 0.1) is 31.6 Å². The van der Waals surface area contributed by atoms with Crippen LogP contribution in [0.15, 0.2) is 42.6 Å². The van der Waals surface area contributed by atoms with Gasteiger partial charge in [-0.1, -0.05) is 0 Å². The maximum Gasteiger partial charge on any atom is 0.228 e. The lowest BCUT2D eigenvalue weighted by Crippen LogP contribution is -2.27. The topological polar surface area (TPSA) is 114 Å². The number of hydrogen-bond donors (Lipinski definition) is 2. The van der Waals surface area contributed by atoms with Crippen LogP contribution in [0.5, 0.6) is 11.6 Å². The number of aromatic nitrogens is 3. The van der Waals surface area contributed by atoms with Gasteiger partial charge in [-0.15, -0.1) is 12.4 Å². The second kappa shape index (κ2) is 12.7. The lowest BCUT2D eigenvalue weighted by molar-refractivity contribution is 0.0254. The van der Waals surface area contributed by atoms with Gasteiger partial charge >= 0.3 is 0 Å². The van der Waals surface area contributed by atoms with Gasteiger partial charge in [0, 0.05) is 30.2 Å². The minimum atomic E-state index is 0. The van der Waals surface area contributed by atoms with Gasteiger partial charge in [-0.05, 0) is 68.2 Å². The van der Waals surface area contributed by atoms with Crippen LogP contribution in [0, 0.1) is 11.3 Å². The third kappa shape index (κ3) is 6.46. The standard InChI is InChI=1S/C27H30N6O3.ClH/c1-34-26-22(18-6-11-29-12-7-18)3-5-25(32-26)33-27-30-13-8-23(31-27)19-2-4-24(20(16-19)17-28)36-21-9-14-35-15-10-21;/h2-5,8,13,16,18,21,29H,6-7,9-12,14-15H2,1H3,(H,30,31,32,33);1H. The molecule has 0 radical (unpaired) electrons. The average Bonchev–Trinajstić information content (AvgIpc) is 2.94. The number of rotatable bonds is 7. The predicted octanol–water partition coefficient (Wildman–Crippen LogP) is 4.61. The molecule has 2 saturated heterocycles. The first-order chi connectivity index (χ1) is 17.7. The van der Waals surface area contributed by atoms with Crippen LogP contribution < -0.4 is 20.1 Å². The molecule has 0 atom stereocenters. The molecule has 1 aromatic carbocycles. The smallest absolute Gasteiger partial charge is 0.228 e. The number of ether oxygens (including phenoxy) is 3. The highest BCUT2D eigenvalue weighted by molar-refractivity contribution is 5.85. The van der Waals surface area contributed by atoms with Gasteiger partial charge in [0.2, 0.25) is 11.8 Å². The van der Waals surface area contributed by atoms with Gasteiger partial charge in [0.15, 0.2) is 0 Å². The molecule has 0 bridgehead atoms. The van der Waals surface area contributed by atoms with E-state index in [4.69, 9.17) is 14.2 Å². The van der Waals surface area contributed by atoms with Crippen LogP contribution in [-0.4, -0.2) is 54.5 Å². The molecular formula is C27H31ClN6O3. The zero-order valence-electron chi connectivity index (χ0n) is 20.8. The highest BCUT2D eigenvalue weighted by atomic mass is 35.5. The van der Waals surface area contributed by atoms with Crippen molar-refractivity contribution < 1.29 is 14.2 Å². The third-order valence-electron chi connectivity index (χ3n) is 6.62. The molecule has 0 amide bonds. The van der Waals surface area contributed by atoms with Gasteiger partial charge in [-0.25, -0.2) is 9.97 Å². The van der Waals surface area contributed by atoms with Crippen molar-refractivity contribution in [2.75, 3.05) is 38.7 Å². The highest BCUT2D eigenvalue weighted by Gasteiger charge is 2.21. The number of anilines is 2. The Morgan fingerprint density at radius 3 is 2.62 bits per heavy atom. The molecular weight excluding hydrogens is 492 g/mol. The van der Waals surface area contributed by atoms with E-state index in [9.17, 15) is 5.26 Å². The van der Waals surface area contributed by atoms with Crippen molar-refractivity contribution >= 4 is 24.2 Å². The fourth-order valence-electron chi connectivity index (χ4n) is 4.68. The molecule has 37 heavy (non-hydrogen) atoms. The number of nitriles is 1. The maximum absolute atomic E-state index is 9.71. The molecule has 0 spiro atoms. The molecule has 9 nitrogen and oxygen atoms in total. The van der Waals surface area contributed by atoms with Crippen molar-refractivity contribution in [2.24, 2.45) is 0 Å². The largest absolute Gasteiger partial charge is 0.489 e. The Morgan fingerprint density at radius 2 is 1.86 bits per heavy atom. The highest BCUT2D eigenvalue weighted by Crippen LogP contribution is 2.33. The van der Waals surface area contributed by atoms with Crippen molar-refractivity contribution in [1.29, 1.82) is 5.26 Å². The fourth-order valence-corrected chi connectivity index (χ4v) is 4.68. The first kappa shape index (κ1) is 26.6. The average molecular weight is 523 g/mol. The summed E-state index contributed by atoms with van der Waals surface area (Å²) in [5.41, 5.74) is 3.11. The quantitative estimate of drug-likeness (QED) is 0.459. The monoisotopic (exact) mass is 522 g/mol. The van der Waals surface area contributed by atoms with E-state index in [-0.39, 0.29) is 18.5 Å². The number of methoxy groups -OCH3 is 1. The fraction of sp³-hybridized carbons (Fsp3) is 0.407. The van der Waals surface area contributed by atoms with Crippen molar-refractivity contribution in [1.82, 2.24) is 20.3 Å². The normalized spacial score (nSPS) is 16.3. The molecule has 5 rings (SSSR count). The van der Waals surface area contributed by atoms with Crippen molar-refractivity contribution in [2.45, 2.75) is 37.7 Å². The number of piperidine rings is 1. The Kier molecular flexibility index (Phi) is 9.12. The summed E-state index contributed by atoms with van der Waals surface area (Å²) in [6, 6.07) is 13.6. The van der Waals surface area contributed by atoms with E-state index in [1.807, 2.05) is 24.3 Å². The lowest BCUT2D eigenvalue weighted by atomic mass is 9.91. The summed E-state index contributed by atoms with van der Waals surface area (Å²) >= 11 is 0. The van der Waals surface area contributed by atoms with Crippen LogP contribution in [0.1, 0.15) is 42.7 Å². The minimum Gasteiger partial charge on any atom is -0.489 e. The molecule has 2 N–H and O–H groups in total. The second-order valence-corrected chi connectivity index (χ2v) is 8.96. The van der Waals surface area contributed by atoms with Crippen LogP contribution in [0.3, 0.4) is 0 Å². The van der Waals surface area contributed by atoms with E-state index < -0.39 is 0 Å². The Labute approximate surface area is 223 Å². The number of benzene rings is 1. The van der Waals surface area contributed by atoms with Crippen molar-refractivity contribution in [3.63, 3.8) is 0 Å². The van der Waals surface area contributed by atoms with E-state index in [1.165, 1.54) is 0 Å². The summed E-state index contributed by atoms with van der Waals surface area (Å²) in [5.74, 6) is 2.68. The van der Waals surface area contributed by atoms with Gasteiger partial charge in [0.25, 0.3) is 0 Å². The van der Waals surface area contributed by atoms with Crippen LogP contribution in [-0.2, 0) is 4.74 Å². The summed E-state index contributed by atoms with van der Waals surface area (Å²) in [6.45, 7) is 3.38. The number of pyridine rings is 1. The molecule has 10 heteroatoms. The number of halogens is 1. The van der Waals surface area contributed by atoms with Crippen molar-refractivity contribution in [3.05, 3.63) is 53.7 Å². The van der Waals surface area contributed by atoms with E-state index in [0.29, 0.717) is 53.8 Å². The maximum atomic E-state index is 9.71. The molecule has 3 aromatic rings. The van der Waals surface area contributed by atoms with Gasteiger partial charge in [-0.3, -0.25) is 0 Å². The summed E-state index contributed by atoms with van der Waals surface area (Å²) in [5, 5.41) is 16.3. The van der Waals surface area contributed by atoms with Crippen LogP contribution in [0.4, 0.5) is 11.8 Å². The Morgan fingerprint density at radius 1 is 1.05 bits per heavy atom. The molecule has 0 saturated carbocycles. The second-order valence-electron chi connectivity index (χ2n) is 8.96. The molecule has 4 heterocycles. The third-order valence-corrected chi connectivity index (χ3v) is 6.62. The Bertz CT molecular complexity index is 1240. The molecule has 2 aromatic heterocycles. The SMILES string of the molecule is COc1nc(Nc2nccc(-c3ccc(OC4CCOCC4)c(C#N)c3)n2)ccc1C1CCNCC1.Cl. The lowest BCUT2D eigenvalue weighted by Gasteiger charge is -2.24. The van der Waals surface area contributed by atoms with Gasteiger partial charge in [0.1, 0.15) is 23.7 Å². The first-order valence-electron chi connectivity index (χ1n) is 12.4. The molecule has 2 aliphatic heterocycles. The van der Waals surface area contributed by atoms with Crippen LogP contribution >= 0.6 is 12.4 Å². The number of nitrogens with one attached hydrogen (secondary N) is 2. The van der Waals surface area contributed by atoms with Crippen molar-refractivity contribution in [3.8, 4) is 29.0 Å². The Hall–Kier alpha value is -3.45. The molecule has 2 aliphatic rings. The zero-order chi connectivity index (χ0) is 24.7. The van der Waals surface area contributed by atoms with E-state index in [0.717, 1.165) is 49.9 Å². The van der Waals surface area contributed by atoms with E-state index in [2.05, 4.69) is 37.7 Å². The molecule has 0 aliphatic carbocycles. The number of nitrogens with zero attached hydrogens (tertiary/aromatic N) is 4. The Balaban J connectivity index is 0.00000320. The van der Waals surface area contributed by atoms with Crippen LogP contribution in [0.25, 0.3) is 11.3 Å². The minimum absolute atomic E-state index is 0. The summed E-state index contributed by atoms with van der Waals surface area (Å²) in [6.07, 6.45) is 5.54. The summed E-state index contributed by atoms with van der Waals surface area (Å²) in [7, 11) is 1.65. The van der Waals surface area contributed by atoms with Gasteiger partial charge < -0.3 is 24.8 Å². The summed E-state index contributed by atoms with van der Waals surface area (Å²) < 4.78 is 17.1. The molecule has 194 valence electrons. The first-order valence-corrected chi connectivity index (χ1v) is 12.4. The number of hydrogen-bond acceptors (Lipinski definition) is 9. The predicted molar refractivity (Wildman–Crippen MR) is 143 cm³/mol. The van der Waals surface area contributed by atoms with Gasteiger partial charge in [-0.2, -0.15) is 10.2 Å². The van der Waals surface area contributed by atoms with E-state index in [1.54, 1.807) is 19.4 Å². The molecule has 0 unspecified atom stereocenters. The zero-order valence-corrected chi connectivity index (χ0v) is 21.6.